The molecule has 6 heteroatoms. The van der Waals surface area contributed by atoms with Crippen LogP contribution in [-0.2, 0) is 11.3 Å². The zero-order valence-electron chi connectivity index (χ0n) is 14.6. The SMILES string of the molecule is O=C(CCN1CCN(Cc2ccccc2)CC1)Nc1c(F)cccc1F. The Hall–Kier alpha value is -2.31. The number of benzene rings is 2. The van der Waals surface area contributed by atoms with Crippen LogP contribution in [0.3, 0.4) is 0 Å². The molecule has 1 aliphatic rings. The molecule has 0 unspecified atom stereocenters. The third-order valence-corrected chi connectivity index (χ3v) is 4.60. The Balaban J connectivity index is 1.40. The number of halogens is 2. The molecule has 1 heterocycles. The third kappa shape index (κ3) is 5.09. The van der Waals surface area contributed by atoms with Crippen molar-refractivity contribution in [3.63, 3.8) is 0 Å². The largest absolute Gasteiger partial charge is 0.321 e. The van der Waals surface area contributed by atoms with E-state index in [0.717, 1.165) is 44.9 Å². The Labute approximate surface area is 152 Å². The van der Waals surface area contributed by atoms with Gasteiger partial charge in [-0.2, -0.15) is 0 Å². The summed E-state index contributed by atoms with van der Waals surface area (Å²) in [6.07, 6.45) is 0.215. The molecule has 138 valence electrons. The van der Waals surface area contributed by atoms with Crippen LogP contribution >= 0.6 is 0 Å². The molecule has 2 aromatic carbocycles. The van der Waals surface area contributed by atoms with Gasteiger partial charge < -0.3 is 10.2 Å². The van der Waals surface area contributed by atoms with Crippen molar-refractivity contribution in [2.24, 2.45) is 0 Å². The lowest BCUT2D eigenvalue weighted by Gasteiger charge is -2.34. The van der Waals surface area contributed by atoms with Crippen molar-refractivity contribution in [3.05, 3.63) is 65.7 Å². The maximum atomic E-state index is 13.6. The van der Waals surface area contributed by atoms with Crippen LogP contribution in [0, 0.1) is 11.6 Å². The van der Waals surface area contributed by atoms with Gasteiger partial charge in [-0.25, -0.2) is 8.78 Å². The van der Waals surface area contributed by atoms with E-state index in [1.807, 2.05) is 18.2 Å². The van der Waals surface area contributed by atoms with E-state index >= 15 is 0 Å². The van der Waals surface area contributed by atoms with Crippen LogP contribution in [0.2, 0.25) is 0 Å². The number of hydrogen-bond donors (Lipinski definition) is 1. The smallest absolute Gasteiger partial charge is 0.225 e. The van der Waals surface area contributed by atoms with Gasteiger partial charge >= 0.3 is 0 Å². The molecule has 0 atom stereocenters. The van der Waals surface area contributed by atoms with Gasteiger partial charge in [0, 0.05) is 45.7 Å². The van der Waals surface area contributed by atoms with Crippen LogP contribution in [0.25, 0.3) is 0 Å². The molecule has 0 saturated carbocycles. The Bertz CT molecular complexity index is 711. The molecule has 1 amide bonds. The standard InChI is InChI=1S/C20H23F2N3O/c21-17-7-4-8-18(22)20(17)23-19(26)9-10-24-11-13-25(14-12-24)15-16-5-2-1-3-6-16/h1-8H,9-15H2,(H,23,26). The topological polar surface area (TPSA) is 35.6 Å². The van der Waals surface area contributed by atoms with Gasteiger partial charge in [-0.3, -0.25) is 9.69 Å². The highest BCUT2D eigenvalue weighted by Crippen LogP contribution is 2.18. The van der Waals surface area contributed by atoms with E-state index in [9.17, 15) is 13.6 Å². The highest BCUT2D eigenvalue weighted by molar-refractivity contribution is 5.91. The molecule has 0 bridgehead atoms. The van der Waals surface area contributed by atoms with E-state index < -0.39 is 11.6 Å². The summed E-state index contributed by atoms with van der Waals surface area (Å²) in [6, 6.07) is 13.9. The van der Waals surface area contributed by atoms with Crippen molar-refractivity contribution >= 4 is 11.6 Å². The second kappa shape index (κ2) is 8.87. The monoisotopic (exact) mass is 359 g/mol. The van der Waals surface area contributed by atoms with Gasteiger partial charge in [0.25, 0.3) is 0 Å². The maximum absolute atomic E-state index is 13.6. The van der Waals surface area contributed by atoms with Crippen LogP contribution < -0.4 is 5.32 Å². The molecule has 0 radical (unpaired) electrons. The van der Waals surface area contributed by atoms with Gasteiger partial charge in [-0.15, -0.1) is 0 Å². The number of nitrogens with zero attached hydrogens (tertiary/aromatic N) is 2. The van der Waals surface area contributed by atoms with Crippen LogP contribution in [-0.4, -0.2) is 48.4 Å². The first kappa shape index (κ1) is 18.5. The van der Waals surface area contributed by atoms with Gasteiger partial charge in [0.05, 0.1) is 0 Å². The summed E-state index contributed by atoms with van der Waals surface area (Å²) in [5.41, 5.74) is 0.928. The summed E-state index contributed by atoms with van der Waals surface area (Å²) in [7, 11) is 0. The van der Waals surface area contributed by atoms with E-state index in [0.29, 0.717) is 6.54 Å². The molecular weight excluding hydrogens is 336 g/mol. The van der Waals surface area contributed by atoms with Crippen molar-refractivity contribution in [1.82, 2.24) is 9.80 Å². The number of hydrogen-bond acceptors (Lipinski definition) is 3. The summed E-state index contributed by atoms with van der Waals surface area (Å²) in [4.78, 5) is 16.6. The van der Waals surface area contributed by atoms with Gasteiger partial charge in [0.15, 0.2) is 0 Å². The molecule has 1 aliphatic heterocycles. The first-order chi connectivity index (χ1) is 12.6. The van der Waals surface area contributed by atoms with E-state index in [1.165, 1.54) is 11.6 Å². The van der Waals surface area contributed by atoms with Crippen LogP contribution in [0.15, 0.2) is 48.5 Å². The molecule has 0 spiro atoms. The highest BCUT2D eigenvalue weighted by Gasteiger charge is 2.18. The van der Waals surface area contributed by atoms with E-state index in [4.69, 9.17) is 0 Å². The molecule has 26 heavy (non-hydrogen) atoms. The second-order valence-corrected chi connectivity index (χ2v) is 6.50. The number of carbonyl (C=O) groups excluding carboxylic acids is 1. The van der Waals surface area contributed by atoms with Gasteiger partial charge in [0.2, 0.25) is 5.91 Å². The number of carbonyl (C=O) groups is 1. The molecule has 1 N–H and O–H groups in total. The predicted octanol–water partition coefficient (Wildman–Crippen LogP) is 3.11. The summed E-state index contributed by atoms with van der Waals surface area (Å²) >= 11 is 0. The van der Waals surface area contributed by atoms with Crippen molar-refractivity contribution < 1.29 is 13.6 Å². The van der Waals surface area contributed by atoms with Crippen molar-refractivity contribution in [2.75, 3.05) is 38.0 Å². The third-order valence-electron chi connectivity index (χ3n) is 4.60. The number of anilines is 1. The summed E-state index contributed by atoms with van der Waals surface area (Å²) in [6.45, 7) is 5.17. The molecule has 0 aromatic heterocycles. The first-order valence-corrected chi connectivity index (χ1v) is 8.84. The van der Waals surface area contributed by atoms with E-state index in [1.54, 1.807) is 0 Å². The summed E-state index contributed by atoms with van der Waals surface area (Å²) < 4.78 is 27.1. The van der Waals surface area contributed by atoms with Crippen molar-refractivity contribution in [1.29, 1.82) is 0 Å². The van der Waals surface area contributed by atoms with Gasteiger partial charge in [-0.1, -0.05) is 36.4 Å². The molecule has 2 aromatic rings. The summed E-state index contributed by atoms with van der Waals surface area (Å²) in [5, 5.41) is 2.33. The average Bonchev–Trinajstić information content (AvgIpc) is 2.65. The number of amides is 1. The van der Waals surface area contributed by atoms with Crippen molar-refractivity contribution in [3.8, 4) is 0 Å². The minimum absolute atomic E-state index is 0.215. The van der Waals surface area contributed by atoms with Gasteiger partial charge in [0.1, 0.15) is 17.3 Å². The molecule has 1 fully saturated rings. The molecule has 3 rings (SSSR count). The Kier molecular flexibility index (Phi) is 6.30. The minimum Gasteiger partial charge on any atom is -0.321 e. The first-order valence-electron chi connectivity index (χ1n) is 8.84. The quantitative estimate of drug-likeness (QED) is 0.861. The molecule has 0 aliphatic carbocycles. The van der Waals surface area contributed by atoms with E-state index in [2.05, 4.69) is 27.2 Å². The van der Waals surface area contributed by atoms with Crippen LogP contribution in [0.4, 0.5) is 14.5 Å². The van der Waals surface area contributed by atoms with Gasteiger partial charge in [-0.05, 0) is 17.7 Å². The second-order valence-electron chi connectivity index (χ2n) is 6.50. The number of rotatable bonds is 6. The minimum atomic E-state index is -0.757. The molecular formula is C20H23F2N3O. The zero-order chi connectivity index (χ0) is 18.4. The summed E-state index contributed by atoms with van der Waals surface area (Å²) in [5.74, 6) is -1.89. The lowest BCUT2D eigenvalue weighted by molar-refractivity contribution is -0.116. The Morgan fingerprint density at radius 3 is 2.15 bits per heavy atom. The normalized spacial score (nSPS) is 15.8. The Morgan fingerprint density at radius 1 is 0.885 bits per heavy atom. The zero-order valence-corrected chi connectivity index (χ0v) is 14.6. The average molecular weight is 359 g/mol. The van der Waals surface area contributed by atoms with Crippen LogP contribution in [0.5, 0.6) is 0 Å². The molecule has 4 nitrogen and oxygen atoms in total. The lowest BCUT2D eigenvalue weighted by Crippen LogP contribution is -2.46. The lowest BCUT2D eigenvalue weighted by atomic mass is 10.2. The van der Waals surface area contributed by atoms with Crippen LogP contribution in [0.1, 0.15) is 12.0 Å². The van der Waals surface area contributed by atoms with Crippen molar-refractivity contribution in [2.45, 2.75) is 13.0 Å². The predicted molar refractivity (Wildman–Crippen MR) is 97.8 cm³/mol. The van der Waals surface area contributed by atoms with E-state index in [-0.39, 0.29) is 18.0 Å². The number of piperazine rings is 1. The number of nitrogens with one attached hydrogen (secondary N) is 1. The number of para-hydroxylation sites is 1. The molecule has 1 saturated heterocycles. The highest BCUT2D eigenvalue weighted by atomic mass is 19.1. The maximum Gasteiger partial charge on any atom is 0.225 e. The fourth-order valence-electron chi connectivity index (χ4n) is 3.09. The fourth-order valence-corrected chi connectivity index (χ4v) is 3.09. The fraction of sp³-hybridized carbons (Fsp3) is 0.350. The Morgan fingerprint density at radius 2 is 1.50 bits per heavy atom.